The number of methoxy groups -OCH3 is 1. The smallest absolute Gasteiger partial charge is 0.109 e. The molecule has 3 aliphatic heterocycles. The number of likely N-dealkylation sites (N-methyl/N-ethyl adjacent to an activating group) is 1. The number of fused-ring (bicyclic) bond motifs is 4. The lowest BCUT2D eigenvalue weighted by Crippen LogP contribution is -2.61. The van der Waals surface area contributed by atoms with Crippen LogP contribution >= 0.6 is 0 Å². The van der Waals surface area contributed by atoms with E-state index in [-0.39, 0.29) is 17.8 Å². The Morgan fingerprint density at radius 1 is 0.905 bits per heavy atom. The Kier molecular flexibility index (Phi) is 6.75. The molecule has 4 heterocycles. The molecule has 4 aliphatic rings. The molecule has 1 aliphatic carbocycles. The summed E-state index contributed by atoms with van der Waals surface area (Å²) in [4.78, 5) is 9.00. The Balaban J connectivity index is 1.01. The number of benzene rings is 3. The number of H-pyrrole nitrogens is 1. The minimum absolute atomic E-state index is 0.0128. The average molecular weight is 562 g/mol. The van der Waals surface area contributed by atoms with Gasteiger partial charge in [-0.05, 0) is 79.8 Å². The molecule has 42 heavy (non-hydrogen) atoms. The van der Waals surface area contributed by atoms with Gasteiger partial charge in [0, 0.05) is 55.4 Å². The topological polar surface area (TPSA) is 40.7 Å². The number of aromatic nitrogens is 1. The van der Waals surface area contributed by atoms with E-state index in [1.54, 1.807) is 0 Å². The van der Waals surface area contributed by atoms with Crippen LogP contribution in [-0.4, -0.2) is 66.3 Å². The monoisotopic (exact) mass is 561 g/mol. The standard InChI is InChI=1S/C37H43N3O2/c1-39-23-25(21-37(41-2)32-14-9-15-33-35(32)28(22-38-33)18-34(37)39)24-40-29-16-17-30(40)20-31(19-29)42-36(26-10-5-3-6-11-26)27-12-7-4-8-13-27/h3-15,22,25,29-31,34,36,38H,16-21,23-24H2,1-2H3/t25-,29?,30?,31?,34+,37-/m0/s1. The van der Waals surface area contributed by atoms with Gasteiger partial charge in [0.15, 0.2) is 0 Å². The summed E-state index contributed by atoms with van der Waals surface area (Å²) >= 11 is 0. The zero-order valence-corrected chi connectivity index (χ0v) is 24.9. The molecule has 5 atom stereocenters. The first-order valence-corrected chi connectivity index (χ1v) is 16.0. The third kappa shape index (κ3) is 4.36. The van der Waals surface area contributed by atoms with Gasteiger partial charge in [0.1, 0.15) is 11.7 Å². The second-order valence-electron chi connectivity index (χ2n) is 13.4. The van der Waals surface area contributed by atoms with Crippen LogP contribution < -0.4 is 0 Å². The van der Waals surface area contributed by atoms with Crippen molar-refractivity contribution >= 4 is 10.9 Å². The van der Waals surface area contributed by atoms with Crippen LogP contribution in [0.25, 0.3) is 10.9 Å². The number of ether oxygens (including phenoxy) is 2. The minimum atomic E-state index is -0.258. The summed E-state index contributed by atoms with van der Waals surface area (Å²) in [5.41, 5.74) is 6.30. The first-order chi connectivity index (χ1) is 20.6. The fourth-order valence-corrected chi connectivity index (χ4v) is 9.29. The van der Waals surface area contributed by atoms with Crippen LogP contribution in [-0.2, 0) is 21.5 Å². The summed E-state index contributed by atoms with van der Waals surface area (Å²) in [6.07, 6.45) is 9.46. The highest BCUT2D eigenvalue weighted by atomic mass is 16.5. The van der Waals surface area contributed by atoms with E-state index in [0.29, 0.717) is 24.0 Å². The molecule has 5 nitrogen and oxygen atoms in total. The van der Waals surface area contributed by atoms with Crippen LogP contribution in [0.2, 0.25) is 0 Å². The van der Waals surface area contributed by atoms with Gasteiger partial charge in [-0.1, -0.05) is 72.8 Å². The van der Waals surface area contributed by atoms with Crippen LogP contribution in [0.4, 0.5) is 0 Å². The lowest BCUT2D eigenvalue weighted by atomic mass is 9.68. The molecule has 3 fully saturated rings. The molecule has 8 rings (SSSR count). The molecule has 5 heteroatoms. The number of piperidine rings is 2. The van der Waals surface area contributed by atoms with Gasteiger partial charge in [-0.3, -0.25) is 9.80 Å². The zero-order chi connectivity index (χ0) is 28.3. The highest BCUT2D eigenvalue weighted by Crippen LogP contribution is 2.50. The third-order valence-corrected chi connectivity index (χ3v) is 11.1. The van der Waals surface area contributed by atoms with Gasteiger partial charge in [0.05, 0.1) is 6.10 Å². The van der Waals surface area contributed by atoms with E-state index in [4.69, 9.17) is 9.47 Å². The number of nitrogens with zero attached hydrogens (tertiary/aromatic N) is 2. The number of hydrogen-bond acceptors (Lipinski definition) is 4. The second-order valence-corrected chi connectivity index (χ2v) is 13.4. The van der Waals surface area contributed by atoms with E-state index >= 15 is 0 Å². The maximum atomic E-state index is 7.00. The molecule has 0 saturated carbocycles. The number of rotatable bonds is 7. The van der Waals surface area contributed by atoms with E-state index in [1.807, 2.05) is 7.11 Å². The van der Waals surface area contributed by atoms with E-state index in [0.717, 1.165) is 38.8 Å². The second kappa shape index (κ2) is 10.6. The van der Waals surface area contributed by atoms with Gasteiger partial charge < -0.3 is 14.5 Å². The van der Waals surface area contributed by atoms with Gasteiger partial charge in [0.2, 0.25) is 0 Å². The maximum Gasteiger partial charge on any atom is 0.109 e. The number of aromatic amines is 1. The van der Waals surface area contributed by atoms with Crippen molar-refractivity contribution in [3.05, 3.63) is 107 Å². The summed E-state index contributed by atoms with van der Waals surface area (Å²) in [5.74, 6) is 0.573. The quantitative estimate of drug-likeness (QED) is 0.273. The molecule has 1 aromatic heterocycles. The lowest BCUT2D eigenvalue weighted by Gasteiger charge is -2.54. The van der Waals surface area contributed by atoms with E-state index in [1.165, 1.54) is 46.0 Å². The number of nitrogens with one attached hydrogen (secondary N) is 1. The van der Waals surface area contributed by atoms with Crippen molar-refractivity contribution in [2.24, 2.45) is 5.92 Å². The van der Waals surface area contributed by atoms with Crippen molar-refractivity contribution in [1.82, 2.24) is 14.8 Å². The number of hydrogen-bond donors (Lipinski definition) is 1. The van der Waals surface area contributed by atoms with Crippen LogP contribution in [0.15, 0.2) is 85.1 Å². The molecule has 2 bridgehead atoms. The van der Waals surface area contributed by atoms with Gasteiger partial charge >= 0.3 is 0 Å². The Morgan fingerprint density at radius 2 is 1.60 bits per heavy atom. The molecule has 2 unspecified atom stereocenters. The first-order valence-electron chi connectivity index (χ1n) is 16.0. The van der Waals surface area contributed by atoms with E-state index in [9.17, 15) is 0 Å². The van der Waals surface area contributed by atoms with Crippen LogP contribution in [0.5, 0.6) is 0 Å². The Hall–Kier alpha value is -2.96. The largest absolute Gasteiger partial charge is 0.372 e. The highest BCUT2D eigenvalue weighted by Gasteiger charge is 2.53. The predicted molar refractivity (Wildman–Crippen MR) is 168 cm³/mol. The van der Waals surface area contributed by atoms with Crippen molar-refractivity contribution in [3.63, 3.8) is 0 Å². The molecule has 3 aromatic carbocycles. The van der Waals surface area contributed by atoms with Gasteiger partial charge in [-0.25, -0.2) is 0 Å². The van der Waals surface area contributed by atoms with Crippen molar-refractivity contribution in [2.75, 3.05) is 27.2 Å². The van der Waals surface area contributed by atoms with Gasteiger partial charge in [-0.2, -0.15) is 0 Å². The lowest BCUT2D eigenvalue weighted by molar-refractivity contribution is -0.132. The fraction of sp³-hybridized carbons (Fsp3) is 0.459. The third-order valence-electron chi connectivity index (χ3n) is 11.1. The van der Waals surface area contributed by atoms with E-state index in [2.05, 4.69) is 107 Å². The zero-order valence-electron chi connectivity index (χ0n) is 24.9. The van der Waals surface area contributed by atoms with Crippen LogP contribution in [0.3, 0.4) is 0 Å². The molecule has 4 aromatic rings. The molecule has 0 spiro atoms. The Bertz CT molecular complexity index is 1480. The molecule has 3 saturated heterocycles. The normalized spacial score (nSPS) is 31.1. The average Bonchev–Trinajstić information content (AvgIpc) is 3.54. The predicted octanol–water partition coefficient (Wildman–Crippen LogP) is 6.69. The van der Waals surface area contributed by atoms with Crippen molar-refractivity contribution < 1.29 is 9.47 Å². The highest BCUT2D eigenvalue weighted by molar-refractivity contribution is 5.88. The van der Waals surface area contributed by atoms with Gasteiger partial charge in [0.25, 0.3) is 0 Å². The molecule has 1 N–H and O–H groups in total. The molecule has 218 valence electrons. The van der Waals surface area contributed by atoms with E-state index < -0.39 is 0 Å². The first kappa shape index (κ1) is 26.7. The number of likely N-dealkylation sites (tertiary alicyclic amines) is 1. The summed E-state index contributed by atoms with van der Waals surface area (Å²) in [6.45, 7) is 2.28. The summed E-state index contributed by atoms with van der Waals surface area (Å²) < 4.78 is 13.6. The molecular formula is C37H43N3O2. The fourth-order valence-electron chi connectivity index (χ4n) is 9.29. The molecular weight excluding hydrogens is 518 g/mol. The Morgan fingerprint density at radius 3 is 2.26 bits per heavy atom. The molecule has 0 amide bonds. The van der Waals surface area contributed by atoms with Crippen molar-refractivity contribution in [1.29, 1.82) is 0 Å². The minimum Gasteiger partial charge on any atom is -0.372 e. The summed E-state index contributed by atoms with van der Waals surface area (Å²) in [5, 5.41) is 1.40. The van der Waals surface area contributed by atoms with Crippen LogP contribution in [0.1, 0.15) is 60.5 Å². The summed E-state index contributed by atoms with van der Waals surface area (Å²) in [7, 11) is 4.27. The van der Waals surface area contributed by atoms with Gasteiger partial charge in [-0.15, -0.1) is 0 Å². The van der Waals surface area contributed by atoms with Crippen LogP contribution in [0, 0.1) is 5.92 Å². The van der Waals surface area contributed by atoms with Crippen molar-refractivity contribution in [2.45, 2.75) is 74.5 Å². The SMILES string of the molecule is CO[C@]12C[C@H](CN3C4CCC3CC(OC(c3ccccc3)c3ccccc3)C4)CN(C)[C@@H]1Cc1c[nH]c3cccc2c13. The van der Waals surface area contributed by atoms with Crippen molar-refractivity contribution in [3.8, 4) is 0 Å². The molecule has 0 radical (unpaired) electrons. The maximum absolute atomic E-state index is 7.00. The Labute approximate surface area is 249 Å². The summed E-state index contributed by atoms with van der Waals surface area (Å²) in [6, 6.07) is 29.9.